The molecule has 0 heterocycles. The summed E-state index contributed by atoms with van der Waals surface area (Å²) in [5.74, 6) is 0. The van der Waals surface area contributed by atoms with Gasteiger partial charge in [0.05, 0.1) is 13.2 Å². The van der Waals surface area contributed by atoms with Gasteiger partial charge in [-0.3, -0.25) is 0 Å². The van der Waals surface area contributed by atoms with Crippen LogP contribution in [0.3, 0.4) is 0 Å². The smallest absolute Gasteiger partial charge is 0.407 e. The van der Waals surface area contributed by atoms with Crippen molar-refractivity contribution in [2.24, 2.45) is 0 Å². The number of carbonyl (C=O) groups is 2. The van der Waals surface area contributed by atoms with E-state index in [4.69, 9.17) is 9.47 Å². The van der Waals surface area contributed by atoms with E-state index in [1.54, 1.807) is 13.8 Å². The zero-order valence-corrected chi connectivity index (χ0v) is 11.3. The minimum atomic E-state index is -0.360. The molecule has 0 aliphatic heterocycles. The molecule has 0 bridgehead atoms. The third-order valence-corrected chi connectivity index (χ3v) is 2.19. The Kier molecular flexibility index (Phi) is 11.0. The van der Waals surface area contributed by atoms with Crippen LogP contribution in [0.1, 0.15) is 39.5 Å². The molecule has 0 aromatic carbocycles. The number of carbonyl (C=O) groups excluding carboxylic acids is 2. The number of amides is 2. The van der Waals surface area contributed by atoms with Gasteiger partial charge in [0.25, 0.3) is 0 Å². The SMILES string of the molecule is CCOC(=O)NCCCCCCNC(=O)OCC. The Morgan fingerprint density at radius 3 is 1.50 bits per heavy atom. The quantitative estimate of drug-likeness (QED) is 0.622. The van der Waals surface area contributed by atoms with E-state index in [1.165, 1.54) is 0 Å². The van der Waals surface area contributed by atoms with Crippen molar-refractivity contribution in [2.45, 2.75) is 39.5 Å². The van der Waals surface area contributed by atoms with Gasteiger partial charge in [0, 0.05) is 13.1 Å². The van der Waals surface area contributed by atoms with Crippen molar-refractivity contribution in [3.05, 3.63) is 0 Å². The number of hydrogen-bond donors (Lipinski definition) is 2. The van der Waals surface area contributed by atoms with Crippen molar-refractivity contribution >= 4 is 12.2 Å². The summed E-state index contributed by atoms with van der Waals surface area (Å²) in [7, 11) is 0. The maximum absolute atomic E-state index is 10.9. The number of hydrogen-bond acceptors (Lipinski definition) is 4. The van der Waals surface area contributed by atoms with Crippen LogP contribution in [0, 0.1) is 0 Å². The first-order valence-electron chi connectivity index (χ1n) is 6.52. The highest BCUT2D eigenvalue weighted by Gasteiger charge is 1.99. The maximum Gasteiger partial charge on any atom is 0.407 e. The van der Waals surface area contributed by atoms with Crippen LogP contribution in [0.15, 0.2) is 0 Å². The minimum absolute atomic E-state index is 0.360. The second-order valence-electron chi connectivity index (χ2n) is 3.71. The van der Waals surface area contributed by atoms with Gasteiger partial charge in [-0.15, -0.1) is 0 Å². The molecule has 6 nitrogen and oxygen atoms in total. The second kappa shape index (κ2) is 12.0. The van der Waals surface area contributed by atoms with E-state index < -0.39 is 0 Å². The zero-order valence-electron chi connectivity index (χ0n) is 11.3. The molecule has 2 N–H and O–H groups in total. The van der Waals surface area contributed by atoms with Crippen LogP contribution in [-0.4, -0.2) is 38.5 Å². The molecule has 0 aromatic heterocycles. The summed E-state index contributed by atoms with van der Waals surface area (Å²) in [6.45, 7) is 5.59. The molecule has 2 amide bonds. The monoisotopic (exact) mass is 260 g/mol. The van der Waals surface area contributed by atoms with Gasteiger partial charge in [-0.05, 0) is 26.7 Å². The number of rotatable bonds is 9. The fourth-order valence-corrected chi connectivity index (χ4v) is 1.35. The van der Waals surface area contributed by atoms with Crippen LogP contribution in [0.4, 0.5) is 9.59 Å². The van der Waals surface area contributed by atoms with Gasteiger partial charge in [0.15, 0.2) is 0 Å². The lowest BCUT2D eigenvalue weighted by Crippen LogP contribution is -2.26. The Balaban J connectivity index is 3.16. The molecule has 0 fully saturated rings. The fraction of sp³-hybridized carbons (Fsp3) is 0.833. The Morgan fingerprint density at radius 2 is 1.17 bits per heavy atom. The maximum atomic E-state index is 10.9. The highest BCUT2D eigenvalue weighted by Crippen LogP contribution is 1.98. The molecule has 0 aliphatic carbocycles. The molecule has 0 saturated heterocycles. The second-order valence-corrected chi connectivity index (χ2v) is 3.71. The van der Waals surface area contributed by atoms with Crippen LogP contribution in [0.2, 0.25) is 0 Å². The Bertz CT molecular complexity index is 210. The van der Waals surface area contributed by atoms with Crippen molar-refractivity contribution < 1.29 is 19.1 Å². The standard InChI is InChI=1S/C12H24N2O4/c1-3-17-11(15)13-9-7-5-6-8-10-14-12(16)18-4-2/h3-10H2,1-2H3,(H,13,15)(H,14,16). The molecule has 0 aromatic rings. The van der Waals surface area contributed by atoms with Crippen LogP contribution < -0.4 is 10.6 Å². The highest BCUT2D eigenvalue weighted by molar-refractivity contribution is 5.67. The third-order valence-electron chi connectivity index (χ3n) is 2.19. The van der Waals surface area contributed by atoms with E-state index >= 15 is 0 Å². The third kappa shape index (κ3) is 11.0. The average Bonchev–Trinajstić information content (AvgIpc) is 2.33. The molecule has 0 saturated carbocycles. The zero-order chi connectivity index (χ0) is 13.6. The van der Waals surface area contributed by atoms with Crippen molar-refractivity contribution in [2.75, 3.05) is 26.3 Å². The minimum Gasteiger partial charge on any atom is -0.450 e. The van der Waals surface area contributed by atoms with Crippen LogP contribution in [-0.2, 0) is 9.47 Å². The topological polar surface area (TPSA) is 76.7 Å². The molecular formula is C12H24N2O4. The Morgan fingerprint density at radius 1 is 0.778 bits per heavy atom. The molecule has 18 heavy (non-hydrogen) atoms. The molecule has 106 valence electrons. The van der Waals surface area contributed by atoms with E-state index in [0.29, 0.717) is 26.3 Å². The summed E-state index contributed by atoms with van der Waals surface area (Å²) in [4.78, 5) is 21.8. The van der Waals surface area contributed by atoms with Crippen molar-refractivity contribution in [3.63, 3.8) is 0 Å². The molecule has 0 radical (unpaired) electrons. The van der Waals surface area contributed by atoms with Gasteiger partial charge >= 0.3 is 12.2 Å². The lowest BCUT2D eigenvalue weighted by atomic mass is 10.2. The summed E-state index contributed by atoms with van der Waals surface area (Å²) in [6.07, 6.45) is 3.13. The summed E-state index contributed by atoms with van der Waals surface area (Å²) in [5.41, 5.74) is 0. The first-order valence-corrected chi connectivity index (χ1v) is 6.52. The van der Waals surface area contributed by atoms with Gasteiger partial charge in [0.2, 0.25) is 0 Å². The van der Waals surface area contributed by atoms with E-state index in [2.05, 4.69) is 10.6 Å². The normalized spacial score (nSPS) is 9.67. The van der Waals surface area contributed by atoms with Gasteiger partial charge in [-0.1, -0.05) is 12.8 Å². The molecule has 0 spiro atoms. The molecule has 0 aliphatic rings. The molecule has 0 rings (SSSR count). The molecule has 0 atom stereocenters. The van der Waals surface area contributed by atoms with E-state index in [9.17, 15) is 9.59 Å². The summed E-state index contributed by atoms with van der Waals surface area (Å²) >= 11 is 0. The number of unbranched alkanes of at least 4 members (excludes halogenated alkanes) is 3. The van der Waals surface area contributed by atoms with Crippen molar-refractivity contribution in [1.29, 1.82) is 0 Å². The molecular weight excluding hydrogens is 236 g/mol. The van der Waals surface area contributed by atoms with Crippen LogP contribution >= 0.6 is 0 Å². The lowest BCUT2D eigenvalue weighted by Gasteiger charge is -2.06. The summed E-state index contributed by atoms with van der Waals surface area (Å²) in [5, 5.41) is 5.32. The highest BCUT2D eigenvalue weighted by atomic mass is 16.5. The van der Waals surface area contributed by atoms with E-state index in [-0.39, 0.29) is 12.2 Å². The molecule has 0 unspecified atom stereocenters. The van der Waals surface area contributed by atoms with Gasteiger partial charge in [0.1, 0.15) is 0 Å². The van der Waals surface area contributed by atoms with Crippen molar-refractivity contribution in [1.82, 2.24) is 10.6 Å². The average molecular weight is 260 g/mol. The van der Waals surface area contributed by atoms with Gasteiger partial charge in [-0.2, -0.15) is 0 Å². The fourth-order valence-electron chi connectivity index (χ4n) is 1.35. The summed E-state index contributed by atoms with van der Waals surface area (Å²) in [6, 6.07) is 0. The van der Waals surface area contributed by atoms with Gasteiger partial charge in [-0.25, -0.2) is 9.59 Å². The Hall–Kier alpha value is -1.46. The predicted molar refractivity (Wildman–Crippen MR) is 68.5 cm³/mol. The van der Waals surface area contributed by atoms with Gasteiger partial charge < -0.3 is 20.1 Å². The lowest BCUT2D eigenvalue weighted by molar-refractivity contribution is 0.150. The molecule has 6 heteroatoms. The Labute approximate surface area is 108 Å². The predicted octanol–water partition coefficient (Wildman–Crippen LogP) is 2.04. The van der Waals surface area contributed by atoms with Crippen LogP contribution in [0.5, 0.6) is 0 Å². The van der Waals surface area contributed by atoms with E-state index in [1.807, 2.05) is 0 Å². The van der Waals surface area contributed by atoms with Crippen molar-refractivity contribution in [3.8, 4) is 0 Å². The number of nitrogens with one attached hydrogen (secondary N) is 2. The first-order chi connectivity index (χ1) is 8.70. The number of alkyl carbamates (subject to hydrolysis) is 2. The number of ether oxygens (including phenoxy) is 2. The van der Waals surface area contributed by atoms with Crippen LogP contribution in [0.25, 0.3) is 0 Å². The van der Waals surface area contributed by atoms with E-state index in [0.717, 1.165) is 25.7 Å². The first kappa shape index (κ1) is 16.5. The largest absolute Gasteiger partial charge is 0.450 e. The summed E-state index contributed by atoms with van der Waals surface area (Å²) < 4.78 is 9.45.